The van der Waals surface area contributed by atoms with Gasteiger partial charge in [-0.1, -0.05) is 18.7 Å². The molecule has 4 heterocycles. The average molecular weight is 450 g/mol. The molecule has 2 aromatic heterocycles. The predicted molar refractivity (Wildman–Crippen MR) is 121 cm³/mol. The Kier molecular flexibility index (Phi) is 7.32. The minimum Gasteiger partial charge on any atom is -0.376 e. The third-order valence-corrected chi connectivity index (χ3v) is 7.61. The molecule has 1 atom stereocenters. The van der Waals surface area contributed by atoms with E-state index in [1.807, 2.05) is 12.4 Å². The van der Waals surface area contributed by atoms with Gasteiger partial charge in [-0.2, -0.15) is 11.3 Å². The summed E-state index contributed by atoms with van der Waals surface area (Å²) in [6, 6.07) is 2.06. The summed E-state index contributed by atoms with van der Waals surface area (Å²) in [5, 5.41) is 13.9. The van der Waals surface area contributed by atoms with Crippen LogP contribution in [0.2, 0.25) is 0 Å². The first-order valence-electron chi connectivity index (χ1n) is 10.8. The molecule has 4 rings (SSSR count). The zero-order chi connectivity index (χ0) is 20.9. The van der Waals surface area contributed by atoms with Gasteiger partial charge in [0.25, 0.3) is 0 Å². The van der Waals surface area contributed by atoms with E-state index in [0.717, 1.165) is 56.1 Å². The number of nitrogens with zero attached hydrogens (tertiary/aromatic N) is 5. The lowest BCUT2D eigenvalue weighted by Gasteiger charge is -2.31. The molecule has 2 saturated heterocycles. The van der Waals surface area contributed by atoms with E-state index in [0.29, 0.717) is 12.3 Å². The van der Waals surface area contributed by atoms with Crippen molar-refractivity contribution in [1.82, 2.24) is 19.7 Å². The van der Waals surface area contributed by atoms with Gasteiger partial charge in [0, 0.05) is 33.3 Å². The maximum absolute atomic E-state index is 12.7. The standard InChI is InChI=1S/C21H31N5O2S2/c1-16-5-8-25(9-6-16)20-22-23-21(26(20)13-18-4-3-10-28-18)30-15-19(27)24(2)12-17-7-11-29-14-17/h7,11,14,16,18H,3-6,8-10,12-13,15H2,1-2H3/t18-/m0/s1. The largest absolute Gasteiger partial charge is 0.376 e. The van der Waals surface area contributed by atoms with Crippen LogP contribution in [0.3, 0.4) is 0 Å². The molecule has 2 aliphatic heterocycles. The van der Waals surface area contributed by atoms with Gasteiger partial charge < -0.3 is 14.5 Å². The van der Waals surface area contributed by atoms with Crippen LogP contribution in [-0.4, -0.2) is 64.2 Å². The van der Waals surface area contributed by atoms with Gasteiger partial charge in [-0.05, 0) is 54.0 Å². The Morgan fingerprint density at radius 1 is 1.33 bits per heavy atom. The molecule has 0 spiro atoms. The number of thioether (sulfide) groups is 1. The first-order valence-corrected chi connectivity index (χ1v) is 12.7. The predicted octanol–water partition coefficient (Wildman–Crippen LogP) is 3.51. The fourth-order valence-electron chi connectivity index (χ4n) is 3.96. The molecular formula is C21H31N5O2S2. The number of thiophene rings is 1. The van der Waals surface area contributed by atoms with E-state index in [1.165, 1.54) is 30.2 Å². The number of anilines is 1. The third-order valence-electron chi connectivity index (χ3n) is 5.92. The molecule has 0 bridgehead atoms. The van der Waals surface area contributed by atoms with Crippen molar-refractivity contribution in [2.24, 2.45) is 5.92 Å². The number of amides is 1. The van der Waals surface area contributed by atoms with Gasteiger partial charge in [0.2, 0.25) is 11.9 Å². The van der Waals surface area contributed by atoms with Crippen molar-refractivity contribution in [3.63, 3.8) is 0 Å². The lowest BCUT2D eigenvalue weighted by molar-refractivity contribution is -0.127. The monoisotopic (exact) mass is 449 g/mol. The molecule has 0 aromatic carbocycles. The molecule has 9 heteroatoms. The Bertz CT molecular complexity index is 811. The topological polar surface area (TPSA) is 63.5 Å². The molecule has 1 amide bonds. The molecule has 2 fully saturated rings. The number of carbonyl (C=O) groups is 1. The highest BCUT2D eigenvalue weighted by atomic mass is 32.2. The van der Waals surface area contributed by atoms with Crippen LogP contribution in [0.25, 0.3) is 0 Å². The van der Waals surface area contributed by atoms with E-state index in [1.54, 1.807) is 16.2 Å². The summed E-state index contributed by atoms with van der Waals surface area (Å²) in [6.45, 7) is 6.57. The highest BCUT2D eigenvalue weighted by Crippen LogP contribution is 2.28. The van der Waals surface area contributed by atoms with Crippen LogP contribution in [0.4, 0.5) is 5.95 Å². The number of carbonyl (C=O) groups excluding carboxylic acids is 1. The number of ether oxygens (including phenoxy) is 1. The molecule has 30 heavy (non-hydrogen) atoms. The maximum atomic E-state index is 12.7. The maximum Gasteiger partial charge on any atom is 0.233 e. The van der Waals surface area contributed by atoms with Crippen LogP contribution in [0.15, 0.2) is 22.0 Å². The second-order valence-electron chi connectivity index (χ2n) is 8.37. The van der Waals surface area contributed by atoms with E-state index in [2.05, 4.69) is 38.0 Å². The Balaban J connectivity index is 1.42. The van der Waals surface area contributed by atoms with Crippen molar-refractivity contribution in [3.05, 3.63) is 22.4 Å². The number of aromatic nitrogens is 3. The highest BCUT2D eigenvalue weighted by Gasteiger charge is 2.26. The fraction of sp³-hybridized carbons (Fsp3) is 0.667. The van der Waals surface area contributed by atoms with Crippen LogP contribution in [0.5, 0.6) is 0 Å². The molecule has 0 N–H and O–H groups in total. The number of hydrogen-bond acceptors (Lipinski definition) is 7. The van der Waals surface area contributed by atoms with E-state index < -0.39 is 0 Å². The van der Waals surface area contributed by atoms with Gasteiger partial charge in [0.15, 0.2) is 5.16 Å². The van der Waals surface area contributed by atoms with E-state index in [9.17, 15) is 4.79 Å². The van der Waals surface area contributed by atoms with Gasteiger partial charge >= 0.3 is 0 Å². The van der Waals surface area contributed by atoms with Crippen LogP contribution in [-0.2, 0) is 22.6 Å². The molecule has 2 aliphatic rings. The van der Waals surface area contributed by atoms with Gasteiger partial charge in [0.1, 0.15) is 0 Å². The third kappa shape index (κ3) is 5.36. The van der Waals surface area contributed by atoms with Gasteiger partial charge in [0.05, 0.1) is 18.4 Å². The molecule has 164 valence electrons. The molecule has 7 nitrogen and oxygen atoms in total. The lowest BCUT2D eigenvalue weighted by Crippen LogP contribution is -2.35. The Labute approximate surface area is 186 Å². The summed E-state index contributed by atoms with van der Waals surface area (Å²) in [6.07, 6.45) is 4.75. The summed E-state index contributed by atoms with van der Waals surface area (Å²) < 4.78 is 8.07. The van der Waals surface area contributed by atoms with Crippen LogP contribution in [0, 0.1) is 5.92 Å². The van der Waals surface area contributed by atoms with Crippen molar-refractivity contribution in [3.8, 4) is 0 Å². The summed E-state index contributed by atoms with van der Waals surface area (Å²) in [5.74, 6) is 2.16. The van der Waals surface area contributed by atoms with Crippen LogP contribution < -0.4 is 4.90 Å². The van der Waals surface area contributed by atoms with Crippen molar-refractivity contribution in [1.29, 1.82) is 0 Å². The normalized spacial score (nSPS) is 20.1. The molecular weight excluding hydrogens is 418 g/mol. The van der Waals surface area contributed by atoms with Crippen molar-refractivity contribution < 1.29 is 9.53 Å². The summed E-state index contributed by atoms with van der Waals surface area (Å²) >= 11 is 3.14. The second-order valence-corrected chi connectivity index (χ2v) is 10.1. The second kappa shape index (κ2) is 10.2. The molecule has 0 aliphatic carbocycles. The highest BCUT2D eigenvalue weighted by molar-refractivity contribution is 7.99. The minimum atomic E-state index is 0.103. The summed E-state index contributed by atoms with van der Waals surface area (Å²) in [4.78, 5) is 16.8. The Morgan fingerprint density at radius 3 is 2.87 bits per heavy atom. The number of rotatable bonds is 8. The summed E-state index contributed by atoms with van der Waals surface area (Å²) in [7, 11) is 1.86. The quantitative estimate of drug-likeness (QED) is 0.575. The van der Waals surface area contributed by atoms with E-state index in [-0.39, 0.29) is 12.0 Å². The van der Waals surface area contributed by atoms with Gasteiger partial charge in [-0.3, -0.25) is 9.36 Å². The Morgan fingerprint density at radius 2 is 2.17 bits per heavy atom. The number of hydrogen-bond donors (Lipinski definition) is 0. The van der Waals surface area contributed by atoms with Crippen molar-refractivity contribution >= 4 is 35.0 Å². The fourth-order valence-corrected chi connectivity index (χ4v) is 5.51. The van der Waals surface area contributed by atoms with Gasteiger partial charge in [-0.25, -0.2) is 0 Å². The Hall–Kier alpha value is -1.58. The lowest BCUT2D eigenvalue weighted by atomic mass is 10.00. The molecule has 0 unspecified atom stereocenters. The first-order chi connectivity index (χ1) is 14.6. The van der Waals surface area contributed by atoms with Crippen LogP contribution >= 0.6 is 23.1 Å². The smallest absolute Gasteiger partial charge is 0.233 e. The zero-order valence-electron chi connectivity index (χ0n) is 17.8. The van der Waals surface area contributed by atoms with E-state index in [4.69, 9.17) is 4.74 Å². The number of piperidine rings is 1. The minimum absolute atomic E-state index is 0.103. The SMILES string of the molecule is CC1CCN(c2nnc(SCC(=O)N(C)Cc3ccsc3)n2C[C@@H]2CCCO2)CC1. The zero-order valence-corrected chi connectivity index (χ0v) is 19.5. The van der Waals surface area contributed by atoms with Crippen molar-refractivity contribution in [2.75, 3.05) is 37.4 Å². The molecule has 0 radical (unpaired) electrons. The molecule has 0 saturated carbocycles. The first kappa shape index (κ1) is 21.6. The van der Waals surface area contributed by atoms with E-state index >= 15 is 0 Å². The summed E-state index contributed by atoms with van der Waals surface area (Å²) in [5.41, 5.74) is 1.17. The molecule has 2 aromatic rings. The van der Waals surface area contributed by atoms with Crippen LogP contribution in [0.1, 0.15) is 38.2 Å². The van der Waals surface area contributed by atoms with Gasteiger partial charge in [-0.15, -0.1) is 10.2 Å². The van der Waals surface area contributed by atoms with Crippen molar-refractivity contribution in [2.45, 2.75) is 57.0 Å². The average Bonchev–Trinajstić information content (AvgIpc) is 3.50.